The zero-order chi connectivity index (χ0) is 24.7. The average molecular weight is 538 g/mol. The first-order valence-electron chi connectivity index (χ1n) is 11.6. The third kappa shape index (κ3) is 7.14. The molecule has 188 valence electrons. The van der Waals surface area contributed by atoms with Gasteiger partial charge in [-0.1, -0.05) is 41.9 Å². The van der Waals surface area contributed by atoms with Crippen LogP contribution in [-0.4, -0.2) is 45.6 Å². The van der Waals surface area contributed by atoms with Crippen molar-refractivity contribution < 1.29 is 12.8 Å². The Hall–Kier alpha value is -2.24. The van der Waals surface area contributed by atoms with Gasteiger partial charge in [-0.25, -0.2) is 17.8 Å². The first-order valence-corrected chi connectivity index (χ1v) is 14.3. The van der Waals surface area contributed by atoms with Crippen molar-refractivity contribution in [3.05, 3.63) is 70.4 Å². The summed E-state index contributed by atoms with van der Waals surface area (Å²) in [5.41, 5.74) is 1.76. The highest BCUT2D eigenvalue weighted by Gasteiger charge is 2.25. The number of nitrogens with zero attached hydrogens (tertiary/aromatic N) is 1. The van der Waals surface area contributed by atoms with Crippen molar-refractivity contribution in [3.8, 4) is 0 Å². The molecule has 2 aromatic carbocycles. The molecular weight excluding hydrogens is 509 g/mol. The molecule has 2 atom stereocenters. The van der Waals surface area contributed by atoms with Gasteiger partial charge in [0.1, 0.15) is 10.7 Å². The molecule has 0 radical (unpaired) electrons. The molecule has 0 aliphatic carbocycles. The molecule has 0 amide bonds. The van der Waals surface area contributed by atoms with Crippen LogP contribution in [0.15, 0.2) is 58.9 Å². The molecule has 4 N–H and O–H groups in total. The van der Waals surface area contributed by atoms with E-state index in [0.29, 0.717) is 24.2 Å². The minimum absolute atomic E-state index is 0.143. The normalized spacial score (nSPS) is 18.0. The van der Waals surface area contributed by atoms with Crippen molar-refractivity contribution >= 4 is 43.8 Å². The van der Waals surface area contributed by atoms with Crippen molar-refractivity contribution in [1.29, 1.82) is 0 Å². The van der Waals surface area contributed by atoms with Crippen LogP contribution in [0.25, 0.3) is 0 Å². The Kier molecular flexibility index (Phi) is 8.96. The topological polar surface area (TPSA) is 95.2 Å². The minimum atomic E-state index is -4.12. The fraction of sp³-hybridized carbons (Fsp3) is 0.375. The Morgan fingerprint density at radius 3 is 2.74 bits per heavy atom. The fourth-order valence-electron chi connectivity index (χ4n) is 4.14. The molecule has 1 saturated heterocycles. The number of anilines is 2. The number of sulfonamides is 1. The SMILES string of the molecule is O=S(=O)(Nc1nccs1)c1cc(Cl)c(NCCCCNC[C@@H]2C[C@@H](c3ccccc3)CN2)cc1F. The van der Waals surface area contributed by atoms with Crippen LogP contribution in [0.1, 0.15) is 30.7 Å². The van der Waals surface area contributed by atoms with E-state index in [-0.39, 0.29) is 10.2 Å². The van der Waals surface area contributed by atoms with Gasteiger partial charge in [-0.2, -0.15) is 0 Å². The van der Waals surface area contributed by atoms with Gasteiger partial charge in [-0.3, -0.25) is 4.72 Å². The summed E-state index contributed by atoms with van der Waals surface area (Å²) in [7, 11) is -4.12. The number of thiazole rings is 1. The number of benzene rings is 2. The lowest BCUT2D eigenvalue weighted by molar-refractivity contribution is 0.523. The van der Waals surface area contributed by atoms with Gasteiger partial charge in [-0.15, -0.1) is 11.3 Å². The van der Waals surface area contributed by atoms with E-state index in [1.165, 1.54) is 11.8 Å². The van der Waals surface area contributed by atoms with Crippen molar-refractivity contribution in [2.45, 2.75) is 36.1 Å². The van der Waals surface area contributed by atoms with E-state index in [1.807, 2.05) is 6.07 Å². The smallest absolute Gasteiger partial charge is 0.266 e. The van der Waals surface area contributed by atoms with E-state index in [0.717, 1.165) is 62.4 Å². The van der Waals surface area contributed by atoms with Crippen LogP contribution >= 0.6 is 22.9 Å². The monoisotopic (exact) mass is 537 g/mol. The number of hydrogen-bond acceptors (Lipinski definition) is 7. The molecule has 1 aliphatic heterocycles. The Labute approximate surface area is 214 Å². The van der Waals surface area contributed by atoms with E-state index >= 15 is 0 Å². The molecule has 11 heteroatoms. The molecule has 4 rings (SSSR count). The highest BCUT2D eigenvalue weighted by atomic mass is 35.5. The van der Waals surface area contributed by atoms with Gasteiger partial charge in [0, 0.05) is 37.3 Å². The van der Waals surface area contributed by atoms with Crippen LogP contribution in [-0.2, 0) is 10.0 Å². The zero-order valence-corrected chi connectivity index (χ0v) is 21.5. The summed E-state index contributed by atoms with van der Waals surface area (Å²) in [6, 6.07) is 13.3. The molecule has 7 nitrogen and oxygen atoms in total. The first-order chi connectivity index (χ1) is 16.9. The number of hydrogen-bond donors (Lipinski definition) is 4. The maximum Gasteiger partial charge on any atom is 0.266 e. The number of aromatic nitrogens is 1. The number of nitrogens with one attached hydrogen (secondary N) is 4. The molecule has 3 aromatic rings. The molecule has 0 unspecified atom stereocenters. The van der Waals surface area contributed by atoms with E-state index in [1.54, 1.807) is 5.38 Å². The van der Waals surface area contributed by atoms with Crippen molar-refractivity contribution in [2.24, 2.45) is 0 Å². The molecule has 1 fully saturated rings. The van der Waals surface area contributed by atoms with Crippen LogP contribution < -0.4 is 20.7 Å². The second kappa shape index (κ2) is 12.1. The van der Waals surface area contributed by atoms with Crippen LogP contribution in [0.4, 0.5) is 15.2 Å². The van der Waals surface area contributed by atoms with E-state index in [4.69, 9.17) is 11.6 Å². The predicted molar refractivity (Wildman–Crippen MR) is 141 cm³/mol. The molecule has 0 saturated carbocycles. The maximum atomic E-state index is 14.6. The fourth-order valence-corrected chi connectivity index (χ4v) is 6.31. The highest BCUT2D eigenvalue weighted by molar-refractivity contribution is 7.93. The molecule has 1 aromatic heterocycles. The molecule has 0 bridgehead atoms. The summed E-state index contributed by atoms with van der Waals surface area (Å²) in [5, 5.41) is 12.1. The van der Waals surface area contributed by atoms with Gasteiger partial charge in [0.15, 0.2) is 5.13 Å². The van der Waals surface area contributed by atoms with Gasteiger partial charge in [0.05, 0.1) is 10.7 Å². The Bertz CT molecular complexity index is 1200. The summed E-state index contributed by atoms with van der Waals surface area (Å²) >= 11 is 7.33. The summed E-state index contributed by atoms with van der Waals surface area (Å²) in [4.78, 5) is 3.35. The van der Waals surface area contributed by atoms with Crippen molar-refractivity contribution in [3.63, 3.8) is 0 Å². The Morgan fingerprint density at radius 2 is 1.97 bits per heavy atom. The summed E-state index contributed by atoms with van der Waals surface area (Å²) in [5.74, 6) is -0.303. The predicted octanol–water partition coefficient (Wildman–Crippen LogP) is 4.66. The molecule has 2 heterocycles. The van der Waals surface area contributed by atoms with Gasteiger partial charge in [0.25, 0.3) is 10.0 Å². The van der Waals surface area contributed by atoms with Crippen LogP contribution in [0, 0.1) is 5.82 Å². The van der Waals surface area contributed by atoms with Crippen molar-refractivity contribution in [2.75, 3.05) is 36.2 Å². The van der Waals surface area contributed by atoms with Crippen LogP contribution in [0.3, 0.4) is 0 Å². The third-order valence-corrected chi connectivity index (χ3v) is 8.43. The molecular formula is C24H29ClFN5O2S2. The quantitative estimate of drug-likeness (QED) is 0.251. The largest absolute Gasteiger partial charge is 0.384 e. The number of unbranched alkanes of at least 4 members (excludes halogenated alkanes) is 1. The minimum Gasteiger partial charge on any atom is -0.384 e. The summed E-state index contributed by atoms with van der Waals surface area (Å²) < 4.78 is 41.7. The van der Waals surface area contributed by atoms with E-state index < -0.39 is 20.7 Å². The Balaban J connectivity index is 1.16. The zero-order valence-electron chi connectivity index (χ0n) is 19.1. The third-order valence-electron chi connectivity index (χ3n) is 5.94. The second-order valence-corrected chi connectivity index (χ2v) is 11.4. The van der Waals surface area contributed by atoms with Gasteiger partial charge < -0.3 is 16.0 Å². The van der Waals surface area contributed by atoms with Crippen LogP contribution in [0.2, 0.25) is 5.02 Å². The number of rotatable bonds is 12. The molecule has 0 spiro atoms. The second-order valence-electron chi connectivity index (χ2n) is 8.49. The van der Waals surface area contributed by atoms with Crippen molar-refractivity contribution in [1.82, 2.24) is 15.6 Å². The lowest BCUT2D eigenvalue weighted by Gasteiger charge is -2.13. The lowest BCUT2D eigenvalue weighted by Crippen LogP contribution is -2.34. The molecule has 1 aliphatic rings. The van der Waals surface area contributed by atoms with Gasteiger partial charge in [-0.05, 0) is 49.4 Å². The van der Waals surface area contributed by atoms with Crippen LogP contribution in [0.5, 0.6) is 0 Å². The van der Waals surface area contributed by atoms with E-state index in [9.17, 15) is 12.8 Å². The van der Waals surface area contributed by atoms with Gasteiger partial charge in [0.2, 0.25) is 0 Å². The summed E-state index contributed by atoms with van der Waals surface area (Å²) in [6.07, 6.45) is 4.41. The standard InChI is InChI=1S/C24H29ClFN5O2S2/c25-20-13-23(35(32,33)31-24-29-10-11-34-24)21(26)14-22(20)28-9-5-4-8-27-16-19-12-18(15-30-19)17-6-2-1-3-7-17/h1-3,6-7,10-11,13-14,18-19,27-28,30H,4-5,8-9,12,15-16H2,(H,29,31)/t18-,19+/m1/s1. The van der Waals surface area contributed by atoms with Gasteiger partial charge >= 0.3 is 0 Å². The molecule has 35 heavy (non-hydrogen) atoms. The maximum absolute atomic E-state index is 14.6. The summed E-state index contributed by atoms with van der Waals surface area (Å²) in [6.45, 7) is 3.43. The number of halogens is 2. The first kappa shape index (κ1) is 25.8. The van der Waals surface area contributed by atoms with E-state index in [2.05, 4.69) is 49.9 Å². The Morgan fingerprint density at radius 1 is 1.17 bits per heavy atom. The average Bonchev–Trinajstić information content (AvgIpc) is 3.53. The highest BCUT2D eigenvalue weighted by Crippen LogP contribution is 2.29. The lowest BCUT2D eigenvalue weighted by atomic mass is 9.96.